The minimum atomic E-state index is -0.328. The van der Waals surface area contributed by atoms with Crippen LogP contribution in [0.4, 0.5) is 0 Å². The van der Waals surface area contributed by atoms with Crippen LogP contribution in [0.15, 0.2) is 77.6 Å². The summed E-state index contributed by atoms with van der Waals surface area (Å²) in [6, 6.07) is 22.6. The molecular formula is C32H34ClN3O4. The Balaban J connectivity index is 1.23. The molecule has 8 heteroatoms. The fourth-order valence-corrected chi connectivity index (χ4v) is 5.37. The summed E-state index contributed by atoms with van der Waals surface area (Å²) in [5.41, 5.74) is 2.50. The zero-order chi connectivity index (χ0) is 27.9. The Morgan fingerprint density at radius 3 is 2.48 bits per heavy atom. The molecule has 208 valence electrons. The van der Waals surface area contributed by atoms with Gasteiger partial charge in [0, 0.05) is 29.9 Å². The number of rotatable bonds is 9. The number of esters is 1. The highest BCUT2D eigenvalue weighted by Crippen LogP contribution is 2.24. The number of carbonyl (C=O) groups is 1. The molecule has 7 nitrogen and oxygen atoms in total. The molecule has 2 heterocycles. The summed E-state index contributed by atoms with van der Waals surface area (Å²) in [4.78, 5) is 27.7. The van der Waals surface area contributed by atoms with Crippen molar-refractivity contribution in [3.05, 3.63) is 105 Å². The number of likely N-dealkylation sites (tertiary alicyclic amines) is 1. The molecule has 0 bridgehead atoms. The van der Waals surface area contributed by atoms with E-state index >= 15 is 0 Å². The molecule has 0 amide bonds. The highest BCUT2D eigenvalue weighted by atomic mass is 35.5. The predicted molar refractivity (Wildman–Crippen MR) is 157 cm³/mol. The summed E-state index contributed by atoms with van der Waals surface area (Å²) in [6.45, 7) is 5.28. The normalized spacial score (nSPS) is 16.0. The Morgan fingerprint density at radius 1 is 0.975 bits per heavy atom. The van der Waals surface area contributed by atoms with Gasteiger partial charge < -0.3 is 9.47 Å². The lowest BCUT2D eigenvalue weighted by molar-refractivity contribution is 0.0526. The molecule has 3 aromatic carbocycles. The summed E-state index contributed by atoms with van der Waals surface area (Å²) in [7, 11) is 0. The van der Waals surface area contributed by atoms with Crippen molar-refractivity contribution in [2.45, 2.75) is 38.6 Å². The quantitative estimate of drug-likeness (QED) is 0.237. The number of hydrogen-bond acceptors (Lipinski definition) is 6. The first kappa shape index (κ1) is 27.9. The number of aromatic nitrogens is 2. The van der Waals surface area contributed by atoms with Gasteiger partial charge in [-0.3, -0.25) is 9.69 Å². The fraction of sp³-hybridized carbons (Fsp3) is 0.344. The van der Waals surface area contributed by atoms with Gasteiger partial charge >= 0.3 is 5.97 Å². The third kappa shape index (κ3) is 6.72. The zero-order valence-corrected chi connectivity index (χ0v) is 23.5. The maximum Gasteiger partial charge on any atom is 0.338 e. The molecule has 0 saturated carbocycles. The van der Waals surface area contributed by atoms with Crippen LogP contribution in [0, 0.1) is 0 Å². The Labute approximate surface area is 239 Å². The molecule has 1 fully saturated rings. The second-order valence-corrected chi connectivity index (χ2v) is 10.5. The number of carbonyl (C=O) groups excluding carboxylic acids is 1. The van der Waals surface area contributed by atoms with Gasteiger partial charge in [-0.25, -0.2) is 9.48 Å². The molecule has 0 N–H and O–H groups in total. The van der Waals surface area contributed by atoms with Gasteiger partial charge in [0.25, 0.3) is 5.56 Å². The maximum absolute atomic E-state index is 13.5. The molecule has 0 radical (unpaired) electrons. The number of halogens is 1. The van der Waals surface area contributed by atoms with Crippen molar-refractivity contribution in [3.8, 4) is 5.75 Å². The van der Waals surface area contributed by atoms with Crippen molar-refractivity contribution in [1.29, 1.82) is 0 Å². The van der Waals surface area contributed by atoms with E-state index in [1.165, 1.54) is 0 Å². The second kappa shape index (κ2) is 13.1. The van der Waals surface area contributed by atoms with Crippen LogP contribution in [0.5, 0.6) is 5.75 Å². The maximum atomic E-state index is 13.5. The fourth-order valence-electron chi connectivity index (χ4n) is 5.25. The van der Waals surface area contributed by atoms with E-state index < -0.39 is 0 Å². The molecule has 40 heavy (non-hydrogen) atoms. The lowest BCUT2D eigenvalue weighted by Gasteiger charge is -2.21. The van der Waals surface area contributed by atoms with E-state index in [4.69, 9.17) is 26.2 Å². The van der Waals surface area contributed by atoms with Crippen LogP contribution in [0.1, 0.15) is 53.8 Å². The van der Waals surface area contributed by atoms with Crippen molar-refractivity contribution >= 4 is 28.3 Å². The molecule has 0 spiro atoms. The van der Waals surface area contributed by atoms with Gasteiger partial charge in [-0.15, -0.1) is 0 Å². The summed E-state index contributed by atoms with van der Waals surface area (Å²) in [5.74, 6) is 0.395. The molecule has 4 aromatic rings. The molecule has 1 aliphatic rings. The standard InChI is InChI=1S/C32H34ClN3O4/c1-2-39-32(38)24-11-15-27(16-12-24)40-21-20-35-18-5-6-26(17-19-35)36-31(37)29-8-4-3-7-28(29)30(34-36)22-23-9-13-25(33)14-10-23/h3-4,7-16,26H,2,5-6,17-22H2,1H3. The van der Waals surface area contributed by atoms with E-state index in [2.05, 4.69) is 4.90 Å². The van der Waals surface area contributed by atoms with Gasteiger partial charge in [-0.1, -0.05) is 41.9 Å². The van der Waals surface area contributed by atoms with Crippen LogP contribution in [0.25, 0.3) is 10.8 Å². The van der Waals surface area contributed by atoms with E-state index in [0.29, 0.717) is 35.6 Å². The number of nitrogens with zero attached hydrogens (tertiary/aromatic N) is 3. The van der Waals surface area contributed by atoms with Crippen molar-refractivity contribution < 1.29 is 14.3 Å². The topological polar surface area (TPSA) is 73.7 Å². The third-order valence-electron chi connectivity index (χ3n) is 7.37. The molecule has 1 saturated heterocycles. The van der Waals surface area contributed by atoms with Crippen LogP contribution in [-0.4, -0.2) is 53.5 Å². The molecule has 5 rings (SSSR count). The van der Waals surface area contributed by atoms with E-state index in [1.54, 1.807) is 35.9 Å². The lowest BCUT2D eigenvalue weighted by Crippen LogP contribution is -2.31. The van der Waals surface area contributed by atoms with Crippen molar-refractivity contribution in [3.63, 3.8) is 0 Å². The SMILES string of the molecule is CCOC(=O)c1ccc(OCCN2CCCC(n3nc(Cc4ccc(Cl)cc4)c4ccccc4c3=O)CC2)cc1. The minimum absolute atomic E-state index is 0.0245. The van der Waals surface area contributed by atoms with E-state index in [9.17, 15) is 9.59 Å². The van der Waals surface area contributed by atoms with Crippen LogP contribution in [0.2, 0.25) is 5.02 Å². The molecule has 1 unspecified atom stereocenters. The molecule has 0 aliphatic carbocycles. The highest BCUT2D eigenvalue weighted by Gasteiger charge is 2.22. The summed E-state index contributed by atoms with van der Waals surface area (Å²) >= 11 is 6.08. The number of ether oxygens (including phenoxy) is 2. The van der Waals surface area contributed by atoms with Gasteiger partial charge in [0.05, 0.1) is 29.3 Å². The zero-order valence-electron chi connectivity index (χ0n) is 22.7. The predicted octanol–water partition coefficient (Wildman–Crippen LogP) is 5.92. The smallest absolute Gasteiger partial charge is 0.338 e. The van der Waals surface area contributed by atoms with E-state index in [0.717, 1.165) is 61.3 Å². The van der Waals surface area contributed by atoms with Crippen LogP contribution in [0.3, 0.4) is 0 Å². The van der Waals surface area contributed by atoms with Crippen LogP contribution < -0.4 is 10.3 Å². The minimum Gasteiger partial charge on any atom is -0.492 e. The number of fused-ring (bicyclic) bond motifs is 1. The van der Waals surface area contributed by atoms with Crippen molar-refractivity contribution in [2.75, 3.05) is 32.8 Å². The van der Waals surface area contributed by atoms with Gasteiger partial charge in [0.1, 0.15) is 12.4 Å². The second-order valence-electron chi connectivity index (χ2n) is 10.1. The first-order valence-corrected chi connectivity index (χ1v) is 14.3. The first-order valence-electron chi connectivity index (χ1n) is 13.9. The highest BCUT2D eigenvalue weighted by molar-refractivity contribution is 6.30. The van der Waals surface area contributed by atoms with Gasteiger partial charge in [0.15, 0.2) is 0 Å². The van der Waals surface area contributed by atoms with E-state index in [1.807, 2.05) is 48.5 Å². The van der Waals surface area contributed by atoms with Crippen LogP contribution >= 0.6 is 11.6 Å². The van der Waals surface area contributed by atoms with Crippen molar-refractivity contribution in [2.24, 2.45) is 0 Å². The Hall–Kier alpha value is -3.68. The average molecular weight is 560 g/mol. The molecule has 1 aromatic heterocycles. The molecule has 1 atom stereocenters. The van der Waals surface area contributed by atoms with Gasteiger partial charge in [-0.05, 0) is 80.8 Å². The Bertz CT molecular complexity index is 1500. The summed E-state index contributed by atoms with van der Waals surface area (Å²) in [6.07, 6.45) is 3.36. The first-order chi connectivity index (χ1) is 19.5. The summed E-state index contributed by atoms with van der Waals surface area (Å²) < 4.78 is 12.7. The van der Waals surface area contributed by atoms with Gasteiger partial charge in [-0.2, -0.15) is 5.10 Å². The Kier molecular flexibility index (Phi) is 9.14. The third-order valence-corrected chi connectivity index (χ3v) is 7.62. The monoisotopic (exact) mass is 559 g/mol. The average Bonchev–Trinajstić information content (AvgIpc) is 3.22. The molecular weight excluding hydrogens is 526 g/mol. The van der Waals surface area contributed by atoms with E-state index in [-0.39, 0.29) is 17.6 Å². The largest absolute Gasteiger partial charge is 0.492 e. The summed E-state index contributed by atoms with van der Waals surface area (Å²) in [5, 5.41) is 7.25. The molecule has 1 aliphatic heterocycles. The lowest BCUT2D eigenvalue weighted by atomic mass is 10.0. The number of benzene rings is 3. The number of hydrogen-bond donors (Lipinski definition) is 0. The van der Waals surface area contributed by atoms with Crippen LogP contribution in [-0.2, 0) is 11.2 Å². The van der Waals surface area contributed by atoms with Gasteiger partial charge in [0.2, 0.25) is 0 Å². The Morgan fingerprint density at radius 2 is 1.73 bits per heavy atom. The van der Waals surface area contributed by atoms with Crippen molar-refractivity contribution in [1.82, 2.24) is 14.7 Å².